The highest BCUT2D eigenvalue weighted by Crippen LogP contribution is 2.24. The molecule has 6 nitrogen and oxygen atoms in total. The van der Waals surface area contributed by atoms with Crippen molar-refractivity contribution in [2.75, 3.05) is 6.61 Å². The molecule has 0 atom stereocenters. The molecule has 118 valence electrons. The smallest absolute Gasteiger partial charge is 0.371 e. The van der Waals surface area contributed by atoms with Crippen LogP contribution in [0.25, 0.3) is 11.0 Å². The Labute approximate surface area is 127 Å². The molecule has 6 heteroatoms. The van der Waals surface area contributed by atoms with Crippen molar-refractivity contribution in [1.29, 1.82) is 0 Å². The lowest BCUT2D eigenvalue weighted by molar-refractivity contribution is -0.155. The summed E-state index contributed by atoms with van der Waals surface area (Å²) in [5.41, 5.74) is -0.0445. The van der Waals surface area contributed by atoms with Gasteiger partial charge >= 0.3 is 11.9 Å². The Morgan fingerprint density at radius 3 is 2.59 bits per heavy atom. The SMILES string of the molecule is CC(C)(C)OC(=O)CCOc1ccc2oc(C(=O)O)cc2c1. The maximum Gasteiger partial charge on any atom is 0.371 e. The summed E-state index contributed by atoms with van der Waals surface area (Å²) in [5.74, 6) is -1.04. The van der Waals surface area contributed by atoms with Crippen LogP contribution < -0.4 is 4.74 Å². The van der Waals surface area contributed by atoms with Crippen molar-refractivity contribution in [3.8, 4) is 5.75 Å². The Kier molecular flexibility index (Phi) is 4.40. The Hall–Kier alpha value is -2.50. The van der Waals surface area contributed by atoms with Crippen molar-refractivity contribution in [3.05, 3.63) is 30.0 Å². The van der Waals surface area contributed by atoms with Gasteiger partial charge in [0, 0.05) is 5.39 Å². The number of aromatic carboxylic acids is 1. The monoisotopic (exact) mass is 306 g/mol. The van der Waals surface area contributed by atoms with Crippen LogP contribution in [-0.4, -0.2) is 29.3 Å². The highest BCUT2D eigenvalue weighted by molar-refractivity contribution is 5.91. The van der Waals surface area contributed by atoms with Crippen LogP contribution in [0, 0.1) is 0 Å². The summed E-state index contributed by atoms with van der Waals surface area (Å²) < 4.78 is 15.8. The lowest BCUT2D eigenvalue weighted by Crippen LogP contribution is -2.24. The maximum atomic E-state index is 11.6. The molecule has 0 unspecified atom stereocenters. The first kappa shape index (κ1) is 15.9. The van der Waals surface area contributed by atoms with Gasteiger partial charge in [-0.2, -0.15) is 0 Å². The van der Waals surface area contributed by atoms with Crippen LogP contribution in [0.2, 0.25) is 0 Å². The predicted molar refractivity (Wildman–Crippen MR) is 79.1 cm³/mol. The fraction of sp³-hybridized carbons (Fsp3) is 0.375. The van der Waals surface area contributed by atoms with E-state index < -0.39 is 11.6 Å². The van der Waals surface area contributed by atoms with Gasteiger partial charge in [0.2, 0.25) is 5.76 Å². The van der Waals surface area contributed by atoms with E-state index in [0.29, 0.717) is 16.7 Å². The molecule has 2 rings (SSSR count). The molecule has 1 aromatic heterocycles. The van der Waals surface area contributed by atoms with Crippen LogP contribution in [0.4, 0.5) is 0 Å². The summed E-state index contributed by atoms with van der Waals surface area (Å²) in [5, 5.41) is 9.51. The molecule has 0 aliphatic heterocycles. The van der Waals surface area contributed by atoms with Crippen molar-refractivity contribution in [2.24, 2.45) is 0 Å². The van der Waals surface area contributed by atoms with Gasteiger partial charge in [0.05, 0.1) is 13.0 Å². The van der Waals surface area contributed by atoms with Gasteiger partial charge in [0.25, 0.3) is 0 Å². The second-order valence-electron chi connectivity index (χ2n) is 5.80. The summed E-state index contributed by atoms with van der Waals surface area (Å²) in [6.07, 6.45) is 0.140. The summed E-state index contributed by atoms with van der Waals surface area (Å²) in [6.45, 7) is 5.60. The van der Waals surface area contributed by atoms with Crippen molar-refractivity contribution in [3.63, 3.8) is 0 Å². The Morgan fingerprint density at radius 1 is 1.23 bits per heavy atom. The molecule has 2 aromatic rings. The highest BCUT2D eigenvalue weighted by Gasteiger charge is 2.16. The first-order valence-electron chi connectivity index (χ1n) is 6.86. The molecule has 0 saturated carbocycles. The third-order valence-electron chi connectivity index (χ3n) is 2.69. The minimum Gasteiger partial charge on any atom is -0.493 e. The van der Waals surface area contributed by atoms with Gasteiger partial charge in [0.1, 0.15) is 16.9 Å². The van der Waals surface area contributed by atoms with Crippen molar-refractivity contribution in [1.82, 2.24) is 0 Å². The topological polar surface area (TPSA) is 86.0 Å². The number of benzene rings is 1. The minimum absolute atomic E-state index is 0.124. The Bertz CT molecular complexity index is 692. The fourth-order valence-corrected chi connectivity index (χ4v) is 1.86. The Morgan fingerprint density at radius 2 is 1.95 bits per heavy atom. The van der Waals surface area contributed by atoms with Crippen LogP contribution in [0.1, 0.15) is 37.7 Å². The zero-order valence-electron chi connectivity index (χ0n) is 12.7. The average Bonchev–Trinajstić information content (AvgIpc) is 2.79. The molecular weight excluding hydrogens is 288 g/mol. The molecule has 1 heterocycles. The van der Waals surface area contributed by atoms with Crippen molar-refractivity contribution in [2.45, 2.75) is 32.8 Å². The number of esters is 1. The second-order valence-corrected chi connectivity index (χ2v) is 5.80. The van der Waals surface area contributed by atoms with Crippen LogP contribution in [0.3, 0.4) is 0 Å². The number of carbonyl (C=O) groups is 2. The summed E-state index contributed by atoms with van der Waals surface area (Å²) >= 11 is 0. The quantitative estimate of drug-likeness (QED) is 0.853. The third kappa shape index (κ3) is 4.25. The van der Waals surface area contributed by atoms with Gasteiger partial charge < -0.3 is 19.0 Å². The standard InChI is InChI=1S/C16H18O6/c1-16(2,3)22-14(17)6-7-20-11-4-5-12-10(8-11)9-13(21-12)15(18)19/h4-5,8-9H,6-7H2,1-3H3,(H,18,19). The van der Waals surface area contributed by atoms with E-state index in [1.165, 1.54) is 6.07 Å². The number of hydrogen-bond acceptors (Lipinski definition) is 5. The van der Waals surface area contributed by atoms with E-state index in [4.69, 9.17) is 19.0 Å². The van der Waals surface area contributed by atoms with E-state index in [0.717, 1.165) is 0 Å². The van der Waals surface area contributed by atoms with E-state index in [9.17, 15) is 9.59 Å². The summed E-state index contributed by atoms with van der Waals surface area (Å²) in [6, 6.07) is 6.38. The number of ether oxygens (including phenoxy) is 2. The van der Waals surface area contributed by atoms with Crippen LogP contribution in [0.15, 0.2) is 28.7 Å². The van der Waals surface area contributed by atoms with Gasteiger partial charge in [-0.25, -0.2) is 4.79 Å². The van der Waals surface area contributed by atoms with Gasteiger partial charge in [-0.3, -0.25) is 4.79 Å². The molecule has 0 fully saturated rings. The number of carbonyl (C=O) groups excluding carboxylic acids is 1. The fourth-order valence-electron chi connectivity index (χ4n) is 1.86. The minimum atomic E-state index is -1.12. The lowest BCUT2D eigenvalue weighted by atomic mass is 10.2. The van der Waals surface area contributed by atoms with E-state index in [1.807, 2.05) is 0 Å². The van der Waals surface area contributed by atoms with Crippen LogP contribution in [-0.2, 0) is 9.53 Å². The number of fused-ring (bicyclic) bond motifs is 1. The number of carboxylic acid groups (broad SMARTS) is 1. The zero-order chi connectivity index (χ0) is 16.3. The summed E-state index contributed by atoms with van der Waals surface area (Å²) in [7, 11) is 0. The van der Waals surface area contributed by atoms with E-state index in [2.05, 4.69) is 0 Å². The van der Waals surface area contributed by atoms with Crippen molar-refractivity contribution < 1.29 is 28.6 Å². The van der Waals surface area contributed by atoms with Crippen molar-refractivity contribution >= 4 is 22.9 Å². The normalized spacial score (nSPS) is 11.4. The predicted octanol–water partition coefficient (Wildman–Crippen LogP) is 3.24. The molecule has 0 spiro atoms. The molecule has 22 heavy (non-hydrogen) atoms. The van der Waals surface area contributed by atoms with Crippen LogP contribution >= 0.6 is 0 Å². The number of hydrogen-bond donors (Lipinski definition) is 1. The highest BCUT2D eigenvalue weighted by atomic mass is 16.6. The van der Waals surface area contributed by atoms with Crippen LogP contribution in [0.5, 0.6) is 5.75 Å². The second kappa shape index (κ2) is 6.09. The molecule has 1 N–H and O–H groups in total. The van der Waals surface area contributed by atoms with Gasteiger partial charge in [-0.1, -0.05) is 0 Å². The number of rotatable bonds is 5. The van der Waals surface area contributed by atoms with E-state index in [1.54, 1.807) is 39.0 Å². The number of carboxylic acids is 1. The van der Waals surface area contributed by atoms with Gasteiger partial charge in [-0.05, 0) is 45.0 Å². The maximum absolute atomic E-state index is 11.6. The average molecular weight is 306 g/mol. The van der Waals surface area contributed by atoms with E-state index in [-0.39, 0.29) is 24.8 Å². The molecule has 0 aliphatic carbocycles. The largest absolute Gasteiger partial charge is 0.493 e. The molecule has 0 amide bonds. The zero-order valence-corrected chi connectivity index (χ0v) is 12.7. The summed E-state index contributed by atoms with van der Waals surface area (Å²) in [4.78, 5) is 22.4. The molecule has 1 aromatic carbocycles. The molecule has 0 aliphatic rings. The Balaban J connectivity index is 1.95. The molecule has 0 saturated heterocycles. The lowest BCUT2D eigenvalue weighted by Gasteiger charge is -2.19. The molecule has 0 bridgehead atoms. The molecular formula is C16H18O6. The third-order valence-corrected chi connectivity index (χ3v) is 2.69. The number of furan rings is 1. The van der Waals surface area contributed by atoms with E-state index >= 15 is 0 Å². The van der Waals surface area contributed by atoms with Gasteiger partial charge in [0.15, 0.2) is 0 Å². The first-order valence-corrected chi connectivity index (χ1v) is 6.86. The first-order chi connectivity index (χ1) is 10.2. The molecule has 0 radical (unpaired) electrons. The van der Waals surface area contributed by atoms with Gasteiger partial charge in [-0.15, -0.1) is 0 Å².